The standard InChI is InChI=1S/C19H17N/c1-20-12-11-16-15-9-5-6-10-17(15)19(18(16)13-20)14-7-3-2-4-8-14/h2-13,16,19H,1H3/t16-,19+/m1/s1. The quantitative estimate of drug-likeness (QED) is 0.739. The SMILES string of the molecule is CN1C=C[C@H]2C(=C1)[C@@H](c1ccccc1)c1ccccc12. The summed E-state index contributed by atoms with van der Waals surface area (Å²) in [6.07, 6.45) is 6.78. The lowest BCUT2D eigenvalue weighted by Gasteiger charge is -2.23. The Labute approximate surface area is 119 Å². The molecule has 2 atom stereocenters. The lowest BCUT2D eigenvalue weighted by molar-refractivity contribution is 0.590. The van der Waals surface area contributed by atoms with E-state index in [1.165, 1.54) is 22.3 Å². The minimum Gasteiger partial charge on any atom is -0.358 e. The van der Waals surface area contributed by atoms with E-state index in [9.17, 15) is 0 Å². The van der Waals surface area contributed by atoms with Crippen LogP contribution in [0.4, 0.5) is 0 Å². The van der Waals surface area contributed by atoms with Crippen LogP contribution in [0.15, 0.2) is 78.6 Å². The zero-order chi connectivity index (χ0) is 13.5. The van der Waals surface area contributed by atoms with E-state index in [1.54, 1.807) is 0 Å². The van der Waals surface area contributed by atoms with Gasteiger partial charge in [-0.05, 0) is 22.3 Å². The highest BCUT2D eigenvalue weighted by molar-refractivity contribution is 5.58. The molecule has 0 saturated heterocycles. The molecule has 2 aliphatic rings. The van der Waals surface area contributed by atoms with Crippen LogP contribution in [0.25, 0.3) is 0 Å². The van der Waals surface area contributed by atoms with Crippen molar-refractivity contribution in [1.29, 1.82) is 0 Å². The summed E-state index contributed by atoms with van der Waals surface area (Å²) in [6.45, 7) is 0. The van der Waals surface area contributed by atoms with Crippen LogP contribution in [0, 0.1) is 0 Å². The van der Waals surface area contributed by atoms with E-state index in [4.69, 9.17) is 0 Å². The molecule has 0 bridgehead atoms. The number of fused-ring (bicyclic) bond motifs is 3. The Morgan fingerprint density at radius 1 is 0.850 bits per heavy atom. The third kappa shape index (κ3) is 1.63. The van der Waals surface area contributed by atoms with Crippen molar-refractivity contribution in [1.82, 2.24) is 4.90 Å². The smallest absolute Gasteiger partial charge is 0.0328 e. The van der Waals surface area contributed by atoms with Gasteiger partial charge in [-0.25, -0.2) is 0 Å². The number of rotatable bonds is 1. The molecule has 0 radical (unpaired) electrons. The molecule has 1 nitrogen and oxygen atoms in total. The minimum absolute atomic E-state index is 0.393. The first-order valence-corrected chi connectivity index (χ1v) is 7.10. The van der Waals surface area contributed by atoms with Crippen LogP contribution in [0.3, 0.4) is 0 Å². The van der Waals surface area contributed by atoms with Crippen molar-refractivity contribution in [3.05, 3.63) is 95.3 Å². The molecular weight excluding hydrogens is 242 g/mol. The molecule has 1 heterocycles. The molecule has 2 aromatic carbocycles. The average molecular weight is 259 g/mol. The first-order valence-electron chi connectivity index (χ1n) is 7.10. The molecule has 4 rings (SSSR count). The fraction of sp³-hybridized carbons (Fsp3) is 0.158. The van der Waals surface area contributed by atoms with Crippen molar-refractivity contribution in [2.24, 2.45) is 0 Å². The lowest BCUT2D eigenvalue weighted by atomic mass is 9.87. The van der Waals surface area contributed by atoms with Gasteiger partial charge in [0.25, 0.3) is 0 Å². The second kappa shape index (κ2) is 4.38. The Bertz CT molecular complexity index is 697. The van der Waals surface area contributed by atoms with Crippen LogP contribution < -0.4 is 0 Å². The Morgan fingerprint density at radius 2 is 1.55 bits per heavy atom. The van der Waals surface area contributed by atoms with Gasteiger partial charge in [0, 0.05) is 31.3 Å². The highest BCUT2D eigenvalue weighted by Gasteiger charge is 2.36. The molecule has 0 saturated carbocycles. The summed E-state index contributed by atoms with van der Waals surface area (Å²) in [5.74, 6) is 0.831. The van der Waals surface area contributed by atoms with Crippen molar-refractivity contribution in [2.45, 2.75) is 11.8 Å². The Hall–Kier alpha value is -2.28. The van der Waals surface area contributed by atoms with Gasteiger partial charge in [-0.15, -0.1) is 0 Å². The van der Waals surface area contributed by atoms with Gasteiger partial charge in [0.2, 0.25) is 0 Å². The van der Waals surface area contributed by atoms with E-state index in [2.05, 4.69) is 85.0 Å². The van der Waals surface area contributed by atoms with Gasteiger partial charge >= 0.3 is 0 Å². The van der Waals surface area contributed by atoms with Crippen LogP contribution in [-0.4, -0.2) is 11.9 Å². The van der Waals surface area contributed by atoms with Crippen LogP contribution in [0.1, 0.15) is 28.5 Å². The predicted molar refractivity (Wildman–Crippen MR) is 82.5 cm³/mol. The molecule has 0 spiro atoms. The van der Waals surface area contributed by atoms with Crippen LogP contribution >= 0.6 is 0 Å². The Kier molecular flexibility index (Phi) is 2.53. The zero-order valence-electron chi connectivity index (χ0n) is 11.5. The van der Waals surface area contributed by atoms with Crippen LogP contribution in [-0.2, 0) is 0 Å². The van der Waals surface area contributed by atoms with E-state index < -0.39 is 0 Å². The fourth-order valence-corrected chi connectivity index (χ4v) is 3.48. The molecule has 20 heavy (non-hydrogen) atoms. The fourth-order valence-electron chi connectivity index (χ4n) is 3.48. The molecule has 0 fully saturated rings. The topological polar surface area (TPSA) is 3.24 Å². The number of hydrogen-bond acceptors (Lipinski definition) is 1. The Balaban J connectivity index is 1.93. The predicted octanol–water partition coefficient (Wildman–Crippen LogP) is 4.26. The number of benzene rings is 2. The van der Waals surface area contributed by atoms with Gasteiger partial charge in [-0.2, -0.15) is 0 Å². The molecule has 0 amide bonds. The largest absolute Gasteiger partial charge is 0.358 e. The monoisotopic (exact) mass is 259 g/mol. The Morgan fingerprint density at radius 3 is 2.35 bits per heavy atom. The summed E-state index contributed by atoms with van der Waals surface area (Å²) in [4.78, 5) is 2.16. The first-order chi connectivity index (χ1) is 9.84. The van der Waals surface area contributed by atoms with Gasteiger partial charge in [0.15, 0.2) is 0 Å². The molecule has 0 aromatic heterocycles. The number of hydrogen-bond donors (Lipinski definition) is 0. The highest BCUT2D eigenvalue weighted by Crippen LogP contribution is 2.50. The third-order valence-electron chi connectivity index (χ3n) is 4.33. The molecule has 0 N–H and O–H groups in total. The average Bonchev–Trinajstić information content (AvgIpc) is 2.81. The van der Waals surface area contributed by atoms with Crippen LogP contribution in [0.2, 0.25) is 0 Å². The second-order valence-electron chi connectivity index (χ2n) is 5.59. The van der Waals surface area contributed by atoms with Crippen LogP contribution in [0.5, 0.6) is 0 Å². The number of allylic oxidation sites excluding steroid dienone is 2. The third-order valence-corrected chi connectivity index (χ3v) is 4.33. The van der Waals surface area contributed by atoms with E-state index in [0.29, 0.717) is 11.8 Å². The molecule has 1 aliphatic carbocycles. The summed E-state index contributed by atoms with van der Waals surface area (Å²) in [7, 11) is 2.10. The van der Waals surface area contributed by atoms with Crippen molar-refractivity contribution >= 4 is 0 Å². The minimum atomic E-state index is 0.393. The van der Waals surface area contributed by atoms with E-state index in [1.807, 2.05) is 0 Å². The van der Waals surface area contributed by atoms with Gasteiger partial charge < -0.3 is 4.90 Å². The van der Waals surface area contributed by atoms with Gasteiger partial charge in [-0.3, -0.25) is 0 Å². The summed E-state index contributed by atoms with van der Waals surface area (Å²) in [5.41, 5.74) is 5.78. The van der Waals surface area contributed by atoms with Gasteiger partial charge in [0.1, 0.15) is 0 Å². The molecule has 98 valence electrons. The van der Waals surface area contributed by atoms with Crippen molar-refractivity contribution in [2.75, 3.05) is 7.05 Å². The summed E-state index contributed by atoms with van der Waals surface area (Å²) < 4.78 is 0. The maximum Gasteiger partial charge on any atom is 0.0328 e. The normalized spacial score (nSPS) is 23.2. The molecule has 1 heteroatoms. The summed E-state index contributed by atoms with van der Waals surface area (Å²) in [6, 6.07) is 19.7. The van der Waals surface area contributed by atoms with Crippen molar-refractivity contribution in [3.8, 4) is 0 Å². The highest BCUT2D eigenvalue weighted by atomic mass is 15.1. The van der Waals surface area contributed by atoms with Gasteiger partial charge in [-0.1, -0.05) is 60.7 Å². The zero-order valence-corrected chi connectivity index (χ0v) is 11.5. The van der Waals surface area contributed by atoms with Crippen molar-refractivity contribution in [3.63, 3.8) is 0 Å². The molecule has 2 aromatic rings. The second-order valence-corrected chi connectivity index (χ2v) is 5.59. The van der Waals surface area contributed by atoms with E-state index in [0.717, 1.165) is 0 Å². The number of nitrogens with zero attached hydrogens (tertiary/aromatic N) is 1. The maximum atomic E-state index is 2.32. The summed E-state index contributed by atoms with van der Waals surface area (Å²) >= 11 is 0. The van der Waals surface area contributed by atoms with E-state index >= 15 is 0 Å². The molecular formula is C19H17N. The first kappa shape index (κ1) is 11.5. The van der Waals surface area contributed by atoms with E-state index in [-0.39, 0.29) is 0 Å². The van der Waals surface area contributed by atoms with Crippen molar-refractivity contribution < 1.29 is 0 Å². The molecule has 1 aliphatic heterocycles. The van der Waals surface area contributed by atoms with Gasteiger partial charge in [0.05, 0.1) is 0 Å². The lowest BCUT2D eigenvalue weighted by Crippen LogP contribution is -2.12. The summed E-state index contributed by atoms with van der Waals surface area (Å²) in [5, 5.41) is 0. The maximum absolute atomic E-state index is 2.32. The molecule has 0 unspecified atom stereocenters.